The molecule has 0 saturated heterocycles. The van der Waals surface area contributed by atoms with Crippen molar-refractivity contribution in [3.8, 4) is 17.2 Å². The zero-order valence-corrected chi connectivity index (χ0v) is 15.1. The van der Waals surface area contributed by atoms with E-state index in [0.29, 0.717) is 28.4 Å². The van der Waals surface area contributed by atoms with E-state index in [1.165, 1.54) is 7.11 Å². The molecule has 5 nitrogen and oxygen atoms in total. The number of benzene rings is 2. The van der Waals surface area contributed by atoms with Crippen molar-refractivity contribution in [1.82, 2.24) is 0 Å². The third kappa shape index (κ3) is 3.44. The monoisotopic (exact) mass is 354 g/mol. The summed E-state index contributed by atoms with van der Waals surface area (Å²) in [4.78, 5) is 12.9. The Bertz CT molecular complexity index is 824. The molecule has 0 spiro atoms. The SMILES string of the molecule is COc1cc(OC)c2c(c1C=CC(C)O)OC(c1ccccc1)CC2=O. The topological polar surface area (TPSA) is 65.0 Å². The van der Waals surface area contributed by atoms with Crippen molar-refractivity contribution in [3.63, 3.8) is 0 Å². The molecule has 1 aliphatic heterocycles. The first-order valence-electron chi connectivity index (χ1n) is 8.45. The van der Waals surface area contributed by atoms with E-state index < -0.39 is 6.10 Å². The maximum absolute atomic E-state index is 12.9. The van der Waals surface area contributed by atoms with Gasteiger partial charge < -0.3 is 19.3 Å². The van der Waals surface area contributed by atoms with Crippen molar-refractivity contribution in [2.75, 3.05) is 14.2 Å². The molecule has 5 heteroatoms. The van der Waals surface area contributed by atoms with Gasteiger partial charge in [0.1, 0.15) is 28.9 Å². The molecule has 2 aromatic carbocycles. The molecule has 136 valence electrons. The number of methoxy groups -OCH3 is 2. The number of Topliss-reactive ketones (excluding diaryl/α,β-unsaturated/α-hetero) is 1. The summed E-state index contributed by atoms with van der Waals surface area (Å²) in [6, 6.07) is 11.3. The van der Waals surface area contributed by atoms with Gasteiger partial charge in [0.25, 0.3) is 0 Å². The van der Waals surface area contributed by atoms with Crippen LogP contribution in [-0.4, -0.2) is 31.2 Å². The Labute approximate surface area is 152 Å². The Morgan fingerprint density at radius 2 is 1.88 bits per heavy atom. The lowest BCUT2D eigenvalue weighted by Crippen LogP contribution is -2.22. The number of fused-ring (bicyclic) bond motifs is 1. The molecule has 1 heterocycles. The van der Waals surface area contributed by atoms with Crippen LogP contribution in [0.1, 0.15) is 40.9 Å². The number of aliphatic hydroxyl groups is 1. The highest BCUT2D eigenvalue weighted by Crippen LogP contribution is 2.46. The number of hydrogen-bond donors (Lipinski definition) is 1. The van der Waals surface area contributed by atoms with E-state index in [4.69, 9.17) is 14.2 Å². The number of carbonyl (C=O) groups is 1. The predicted molar refractivity (Wildman–Crippen MR) is 99.0 cm³/mol. The van der Waals surface area contributed by atoms with Crippen molar-refractivity contribution < 1.29 is 24.1 Å². The van der Waals surface area contributed by atoms with Crippen molar-refractivity contribution in [2.24, 2.45) is 0 Å². The van der Waals surface area contributed by atoms with Gasteiger partial charge >= 0.3 is 0 Å². The van der Waals surface area contributed by atoms with Gasteiger partial charge in [0, 0.05) is 6.07 Å². The highest BCUT2D eigenvalue weighted by atomic mass is 16.5. The first-order valence-corrected chi connectivity index (χ1v) is 8.45. The molecule has 0 aliphatic carbocycles. The molecule has 2 aromatic rings. The molecule has 0 saturated carbocycles. The first kappa shape index (κ1) is 18.0. The maximum Gasteiger partial charge on any atom is 0.174 e. The number of hydrogen-bond acceptors (Lipinski definition) is 5. The minimum atomic E-state index is -0.637. The lowest BCUT2D eigenvalue weighted by Gasteiger charge is -2.29. The van der Waals surface area contributed by atoms with Crippen LogP contribution in [0.2, 0.25) is 0 Å². The summed E-state index contributed by atoms with van der Waals surface area (Å²) in [6.07, 6.45) is 2.54. The molecule has 2 unspecified atom stereocenters. The van der Waals surface area contributed by atoms with E-state index in [2.05, 4.69) is 0 Å². The van der Waals surface area contributed by atoms with Gasteiger partial charge in [0.2, 0.25) is 0 Å². The van der Waals surface area contributed by atoms with Gasteiger partial charge in [-0.2, -0.15) is 0 Å². The van der Waals surface area contributed by atoms with Crippen LogP contribution in [0.15, 0.2) is 42.5 Å². The fourth-order valence-electron chi connectivity index (χ4n) is 3.05. The molecule has 1 N–H and O–H groups in total. The number of ether oxygens (including phenoxy) is 3. The van der Waals surface area contributed by atoms with Crippen LogP contribution >= 0.6 is 0 Å². The molecule has 0 radical (unpaired) electrons. The molecule has 0 amide bonds. The minimum Gasteiger partial charge on any atom is -0.496 e. The highest BCUT2D eigenvalue weighted by Gasteiger charge is 2.33. The number of ketones is 1. The van der Waals surface area contributed by atoms with Crippen LogP contribution in [0.25, 0.3) is 6.08 Å². The quantitative estimate of drug-likeness (QED) is 0.885. The summed E-state index contributed by atoms with van der Waals surface area (Å²) < 4.78 is 17.1. The summed E-state index contributed by atoms with van der Waals surface area (Å²) in [5.41, 5.74) is 1.95. The smallest absolute Gasteiger partial charge is 0.174 e. The molecule has 1 aliphatic rings. The first-order chi connectivity index (χ1) is 12.5. The average Bonchev–Trinajstić information content (AvgIpc) is 2.65. The third-order valence-electron chi connectivity index (χ3n) is 4.31. The average molecular weight is 354 g/mol. The lowest BCUT2D eigenvalue weighted by molar-refractivity contribution is 0.0843. The molecule has 26 heavy (non-hydrogen) atoms. The van der Waals surface area contributed by atoms with Crippen LogP contribution < -0.4 is 14.2 Å². The minimum absolute atomic E-state index is 0.0497. The lowest BCUT2D eigenvalue weighted by atomic mass is 9.93. The second-order valence-electron chi connectivity index (χ2n) is 6.14. The van der Waals surface area contributed by atoms with Crippen molar-refractivity contribution >= 4 is 11.9 Å². The van der Waals surface area contributed by atoms with Gasteiger partial charge in [0.05, 0.1) is 32.3 Å². The van der Waals surface area contributed by atoms with E-state index in [0.717, 1.165) is 5.56 Å². The van der Waals surface area contributed by atoms with Gasteiger partial charge in [0.15, 0.2) is 5.78 Å². The zero-order valence-electron chi connectivity index (χ0n) is 15.1. The zero-order chi connectivity index (χ0) is 18.7. The Morgan fingerprint density at radius 3 is 2.50 bits per heavy atom. The summed E-state index contributed by atoms with van der Waals surface area (Å²) in [5.74, 6) is 1.30. The summed E-state index contributed by atoms with van der Waals surface area (Å²) in [5, 5.41) is 9.60. The van der Waals surface area contributed by atoms with Crippen LogP contribution in [0.3, 0.4) is 0 Å². The predicted octanol–water partition coefficient (Wildman–Crippen LogP) is 3.80. The van der Waals surface area contributed by atoms with Gasteiger partial charge in [-0.1, -0.05) is 36.4 Å². The normalized spacial score (nSPS) is 17.5. The van der Waals surface area contributed by atoms with E-state index in [1.807, 2.05) is 30.3 Å². The molecular weight excluding hydrogens is 332 g/mol. The largest absolute Gasteiger partial charge is 0.496 e. The van der Waals surface area contributed by atoms with E-state index in [1.54, 1.807) is 32.3 Å². The van der Waals surface area contributed by atoms with E-state index in [-0.39, 0.29) is 18.3 Å². The van der Waals surface area contributed by atoms with Gasteiger partial charge in [-0.25, -0.2) is 0 Å². The molecular formula is C21H22O5. The van der Waals surface area contributed by atoms with Crippen LogP contribution in [0.4, 0.5) is 0 Å². The standard InChI is InChI=1S/C21H22O5/c1-13(22)9-10-15-18(24-2)12-19(25-3)20-16(23)11-17(26-21(15)20)14-7-5-4-6-8-14/h4-10,12-13,17,22H,11H2,1-3H3. The fraction of sp³-hybridized carbons (Fsp3) is 0.286. The second-order valence-corrected chi connectivity index (χ2v) is 6.14. The fourth-order valence-corrected chi connectivity index (χ4v) is 3.05. The third-order valence-corrected chi connectivity index (χ3v) is 4.31. The Hall–Kier alpha value is -2.79. The molecule has 0 aromatic heterocycles. The Kier molecular flexibility index (Phi) is 5.28. The Balaban J connectivity index is 2.16. The Morgan fingerprint density at radius 1 is 1.19 bits per heavy atom. The highest BCUT2D eigenvalue weighted by molar-refractivity contribution is 6.04. The molecule has 0 bridgehead atoms. The van der Waals surface area contributed by atoms with Crippen molar-refractivity contribution in [2.45, 2.75) is 25.6 Å². The van der Waals surface area contributed by atoms with Gasteiger partial charge in [-0.15, -0.1) is 0 Å². The van der Waals surface area contributed by atoms with Crippen molar-refractivity contribution in [3.05, 3.63) is 59.2 Å². The van der Waals surface area contributed by atoms with Crippen LogP contribution in [-0.2, 0) is 0 Å². The van der Waals surface area contributed by atoms with Crippen molar-refractivity contribution in [1.29, 1.82) is 0 Å². The van der Waals surface area contributed by atoms with E-state index in [9.17, 15) is 9.90 Å². The van der Waals surface area contributed by atoms with Crippen LogP contribution in [0, 0.1) is 0 Å². The maximum atomic E-state index is 12.9. The summed E-state index contributed by atoms with van der Waals surface area (Å²) in [7, 11) is 3.05. The molecule has 3 rings (SSSR count). The van der Waals surface area contributed by atoms with Gasteiger partial charge in [-0.3, -0.25) is 4.79 Å². The molecule has 2 atom stereocenters. The second kappa shape index (κ2) is 7.62. The van der Waals surface area contributed by atoms with E-state index >= 15 is 0 Å². The summed E-state index contributed by atoms with van der Waals surface area (Å²) in [6.45, 7) is 1.65. The summed E-state index contributed by atoms with van der Waals surface area (Å²) >= 11 is 0. The number of rotatable bonds is 5. The van der Waals surface area contributed by atoms with Crippen LogP contribution in [0.5, 0.6) is 17.2 Å². The van der Waals surface area contributed by atoms with Gasteiger partial charge in [-0.05, 0) is 18.6 Å². The molecule has 0 fully saturated rings. The number of carbonyl (C=O) groups excluding carboxylic acids is 1. The number of aliphatic hydroxyl groups excluding tert-OH is 1.